The first-order chi connectivity index (χ1) is 8.96. The molecule has 0 aliphatic rings. The molecule has 0 aliphatic carbocycles. The Labute approximate surface area is 109 Å². The van der Waals surface area contributed by atoms with Crippen LogP contribution in [-0.4, -0.2) is 17.2 Å². The minimum absolute atomic E-state index is 0.0554. The van der Waals surface area contributed by atoms with E-state index in [1.165, 1.54) is 0 Å². The summed E-state index contributed by atoms with van der Waals surface area (Å²) in [5.74, 6) is 0. The highest BCUT2D eigenvalue weighted by Gasteiger charge is 2.27. The van der Waals surface area contributed by atoms with Gasteiger partial charge in [-0.25, -0.2) is 0 Å². The second-order valence-corrected chi connectivity index (χ2v) is 4.61. The number of nitrogens with zero attached hydrogens (tertiary/aromatic N) is 1. The molecule has 0 fully saturated rings. The molecule has 0 saturated heterocycles. The zero-order valence-electron chi connectivity index (χ0n) is 10.3. The lowest BCUT2D eigenvalue weighted by Gasteiger charge is -2.14. The minimum atomic E-state index is -4.14. The average molecular weight is 268 g/mol. The van der Waals surface area contributed by atoms with Gasteiger partial charge in [-0.2, -0.15) is 13.2 Å². The first kappa shape index (κ1) is 13.8. The third-order valence-corrected chi connectivity index (χ3v) is 3.02. The molecular weight excluding hydrogens is 253 g/mol. The third kappa shape index (κ3) is 3.92. The molecule has 2 rings (SSSR count). The van der Waals surface area contributed by atoms with E-state index in [0.717, 1.165) is 16.5 Å². The van der Waals surface area contributed by atoms with Gasteiger partial charge >= 0.3 is 6.18 Å². The SMILES string of the molecule is NC(CCC(F)(F)F)Cc1ccnc2ccccc12. The monoisotopic (exact) mass is 268 g/mol. The van der Waals surface area contributed by atoms with Crippen molar-refractivity contribution in [2.75, 3.05) is 0 Å². The second kappa shape index (κ2) is 5.57. The zero-order valence-corrected chi connectivity index (χ0v) is 10.3. The molecule has 1 atom stereocenters. The van der Waals surface area contributed by atoms with Crippen molar-refractivity contribution in [3.63, 3.8) is 0 Å². The molecule has 2 nitrogen and oxygen atoms in total. The number of rotatable bonds is 4. The van der Waals surface area contributed by atoms with Crippen molar-refractivity contribution in [1.29, 1.82) is 0 Å². The highest BCUT2D eigenvalue weighted by molar-refractivity contribution is 5.81. The molecule has 0 bridgehead atoms. The predicted molar refractivity (Wildman–Crippen MR) is 68.7 cm³/mol. The van der Waals surface area contributed by atoms with E-state index in [0.29, 0.717) is 6.42 Å². The summed E-state index contributed by atoms with van der Waals surface area (Å²) in [7, 11) is 0. The number of hydrogen-bond acceptors (Lipinski definition) is 2. The molecule has 0 amide bonds. The Kier molecular flexibility index (Phi) is 4.04. The topological polar surface area (TPSA) is 38.9 Å². The van der Waals surface area contributed by atoms with Crippen molar-refractivity contribution in [2.24, 2.45) is 5.73 Å². The average Bonchev–Trinajstić information content (AvgIpc) is 2.36. The number of para-hydroxylation sites is 1. The maximum Gasteiger partial charge on any atom is 0.389 e. The molecule has 1 aromatic heterocycles. The van der Waals surface area contributed by atoms with Crippen molar-refractivity contribution in [3.05, 3.63) is 42.1 Å². The van der Waals surface area contributed by atoms with E-state index < -0.39 is 18.6 Å². The van der Waals surface area contributed by atoms with Gasteiger partial charge in [0.05, 0.1) is 5.52 Å². The molecule has 1 heterocycles. The van der Waals surface area contributed by atoms with E-state index in [1.807, 2.05) is 30.3 Å². The van der Waals surface area contributed by atoms with Crippen LogP contribution in [0.3, 0.4) is 0 Å². The van der Waals surface area contributed by atoms with Crippen LogP contribution in [0.1, 0.15) is 18.4 Å². The van der Waals surface area contributed by atoms with Crippen LogP contribution in [0.4, 0.5) is 13.2 Å². The van der Waals surface area contributed by atoms with Crippen LogP contribution in [0.15, 0.2) is 36.5 Å². The second-order valence-electron chi connectivity index (χ2n) is 4.61. The standard InChI is InChI=1S/C14H15F3N2/c15-14(16,17)7-5-11(18)9-10-6-8-19-13-4-2-1-3-12(10)13/h1-4,6,8,11H,5,7,9,18H2. The molecule has 0 radical (unpaired) electrons. The van der Waals surface area contributed by atoms with Crippen molar-refractivity contribution in [3.8, 4) is 0 Å². The van der Waals surface area contributed by atoms with E-state index in [9.17, 15) is 13.2 Å². The fourth-order valence-corrected chi connectivity index (χ4v) is 2.07. The predicted octanol–water partition coefficient (Wildman–Crippen LogP) is 3.45. The van der Waals surface area contributed by atoms with Crippen LogP contribution in [0.25, 0.3) is 10.9 Å². The Morgan fingerprint density at radius 1 is 1.16 bits per heavy atom. The number of halogens is 3. The number of benzene rings is 1. The fraction of sp³-hybridized carbons (Fsp3) is 0.357. The van der Waals surface area contributed by atoms with Crippen LogP contribution in [0, 0.1) is 0 Å². The van der Waals surface area contributed by atoms with Crippen LogP contribution in [0.5, 0.6) is 0 Å². The number of fused-ring (bicyclic) bond motifs is 1. The summed E-state index contributed by atoms with van der Waals surface area (Å²) in [5, 5.41) is 0.951. The van der Waals surface area contributed by atoms with Crippen molar-refractivity contribution >= 4 is 10.9 Å². The third-order valence-electron chi connectivity index (χ3n) is 3.02. The summed E-state index contributed by atoms with van der Waals surface area (Å²) >= 11 is 0. The molecule has 1 aromatic carbocycles. The first-order valence-electron chi connectivity index (χ1n) is 6.11. The molecular formula is C14H15F3N2. The highest BCUT2D eigenvalue weighted by atomic mass is 19.4. The molecule has 19 heavy (non-hydrogen) atoms. The molecule has 2 N–H and O–H groups in total. The summed E-state index contributed by atoms with van der Waals surface area (Å²) in [5.41, 5.74) is 7.56. The van der Waals surface area contributed by atoms with Gasteiger partial charge in [0.2, 0.25) is 0 Å². The van der Waals surface area contributed by atoms with Gasteiger partial charge < -0.3 is 5.73 Å². The Morgan fingerprint density at radius 2 is 1.89 bits per heavy atom. The largest absolute Gasteiger partial charge is 0.389 e. The smallest absolute Gasteiger partial charge is 0.327 e. The fourth-order valence-electron chi connectivity index (χ4n) is 2.07. The van der Waals surface area contributed by atoms with Crippen molar-refractivity contribution in [1.82, 2.24) is 4.98 Å². The van der Waals surface area contributed by atoms with Gasteiger partial charge in [-0.1, -0.05) is 18.2 Å². The maximum absolute atomic E-state index is 12.1. The van der Waals surface area contributed by atoms with Crippen molar-refractivity contribution in [2.45, 2.75) is 31.5 Å². The molecule has 0 spiro atoms. The van der Waals surface area contributed by atoms with E-state index in [2.05, 4.69) is 4.98 Å². The van der Waals surface area contributed by atoms with Crippen molar-refractivity contribution < 1.29 is 13.2 Å². The summed E-state index contributed by atoms with van der Waals surface area (Å²) < 4.78 is 36.4. The summed E-state index contributed by atoms with van der Waals surface area (Å²) in [6.45, 7) is 0. The minimum Gasteiger partial charge on any atom is -0.327 e. The molecule has 0 saturated carbocycles. The number of pyridine rings is 1. The van der Waals surface area contributed by atoms with Crippen LogP contribution < -0.4 is 5.73 Å². The molecule has 0 aliphatic heterocycles. The van der Waals surface area contributed by atoms with Crippen LogP contribution in [-0.2, 0) is 6.42 Å². The van der Waals surface area contributed by atoms with Gasteiger partial charge in [-0.15, -0.1) is 0 Å². The lowest BCUT2D eigenvalue weighted by Crippen LogP contribution is -2.25. The zero-order chi connectivity index (χ0) is 13.9. The Hall–Kier alpha value is -1.62. The summed E-state index contributed by atoms with van der Waals surface area (Å²) in [6.07, 6.45) is -2.94. The molecule has 102 valence electrons. The van der Waals surface area contributed by atoms with E-state index in [4.69, 9.17) is 5.73 Å². The first-order valence-corrected chi connectivity index (χ1v) is 6.11. The number of nitrogens with two attached hydrogens (primary N) is 1. The summed E-state index contributed by atoms with van der Waals surface area (Å²) in [6, 6.07) is 8.87. The van der Waals surface area contributed by atoms with Gasteiger partial charge in [0.25, 0.3) is 0 Å². The van der Waals surface area contributed by atoms with Gasteiger partial charge in [0, 0.05) is 24.0 Å². The van der Waals surface area contributed by atoms with E-state index in [-0.39, 0.29) is 6.42 Å². The van der Waals surface area contributed by atoms with E-state index in [1.54, 1.807) is 6.20 Å². The van der Waals surface area contributed by atoms with Gasteiger partial charge in [-0.3, -0.25) is 4.98 Å². The Bertz CT molecular complexity index is 546. The molecule has 2 aromatic rings. The normalized spacial score (nSPS) is 13.7. The van der Waals surface area contributed by atoms with Gasteiger partial charge in [0.1, 0.15) is 0 Å². The van der Waals surface area contributed by atoms with Crippen LogP contribution >= 0.6 is 0 Å². The highest BCUT2D eigenvalue weighted by Crippen LogP contribution is 2.23. The number of alkyl halides is 3. The number of aromatic nitrogens is 1. The maximum atomic E-state index is 12.1. The molecule has 1 unspecified atom stereocenters. The Balaban J connectivity index is 2.09. The quantitative estimate of drug-likeness (QED) is 0.922. The van der Waals surface area contributed by atoms with E-state index >= 15 is 0 Å². The lowest BCUT2D eigenvalue weighted by atomic mass is 9.99. The van der Waals surface area contributed by atoms with Crippen LogP contribution in [0.2, 0.25) is 0 Å². The Morgan fingerprint density at radius 3 is 2.63 bits per heavy atom. The molecule has 5 heteroatoms. The van der Waals surface area contributed by atoms with Gasteiger partial charge in [0.15, 0.2) is 0 Å². The lowest BCUT2D eigenvalue weighted by molar-refractivity contribution is -0.136. The summed E-state index contributed by atoms with van der Waals surface area (Å²) in [4.78, 5) is 4.21. The number of hydrogen-bond donors (Lipinski definition) is 1. The van der Waals surface area contributed by atoms with Gasteiger partial charge in [-0.05, 0) is 30.5 Å².